The van der Waals surface area contributed by atoms with E-state index in [-0.39, 0.29) is 6.10 Å². The molecule has 0 radical (unpaired) electrons. The molecule has 3 nitrogen and oxygen atoms in total. The number of hydrogen-bond acceptors (Lipinski definition) is 3. The van der Waals surface area contributed by atoms with Crippen molar-refractivity contribution in [2.45, 2.75) is 58.1 Å². The molecule has 0 heterocycles. The summed E-state index contributed by atoms with van der Waals surface area (Å²) in [7, 11) is 0. The van der Waals surface area contributed by atoms with E-state index >= 15 is 0 Å². The fourth-order valence-corrected chi connectivity index (χ4v) is 2.50. The second-order valence-corrected chi connectivity index (χ2v) is 4.85. The lowest BCUT2D eigenvalue weighted by Gasteiger charge is -2.29. The normalized spacial score (nSPS) is 26.2. The summed E-state index contributed by atoms with van der Waals surface area (Å²) < 4.78 is 0. The number of hydrogen-bond donors (Lipinski definition) is 2. The van der Waals surface area contributed by atoms with Gasteiger partial charge in [-0.05, 0) is 32.4 Å². The number of rotatable bonds is 7. The highest BCUT2D eigenvalue weighted by Crippen LogP contribution is 2.17. The highest BCUT2D eigenvalue weighted by Gasteiger charge is 2.21. The standard InChI is InChI=1S/C13H28N2O/c1-3-10-15(4-2)11-9-14-12-7-5-6-8-13(12)16/h12-14,16H,3-11H2,1-2H3. The maximum absolute atomic E-state index is 9.82. The molecule has 1 fully saturated rings. The van der Waals surface area contributed by atoms with Crippen molar-refractivity contribution in [3.63, 3.8) is 0 Å². The molecule has 1 rings (SSSR count). The Labute approximate surface area is 100 Å². The molecule has 0 saturated heterocycles. The smallest absolute Gasteiger partial charge is 0.0693 e. The van der Waals surface area contributed by atoms with E-state index in [1.165, 1.54) is 25.8 Å². The summed E-state index contributed by atoms with van der Waals surface area (Å²) in [6, 6.07) is 0.342. The van der Waals surface area contributed by atoms with Gasteiger partial charge in [0.15, 0.2) is 0 Å². The van der Waals surface area contributed by atoms with Crippen molar-refractivity contribution in [3.05, 3.63) is 0 Å². The van der Waals surface area contributed by atoms with Crippen LogP contribution >= 0.6 is 0 Å². The van der Waals surface area contributed by atoms with Gasteiger partial charge in [0, 0.05) is 19.1 Å². The van der Waals surface area contributed by atoms with Crippen molar-refractivity contribution in [1.29, 1.82) is 0 Å². The van der Waals surface area contributed by atoms with Gasteiger partial charge in [0.2, 0.25) is 0 Å². The molecule has 2 unspecified atom stereocenters. The summed E-state index contributed by atoms with van der Waals surface area (Å²) in [6.45, 7) is 8.86. The van der Waals surface area contributed by atoms with Crippen molar-refractivity contribution < 1.29 is 5.11 Å². The van der Waals surface area contributed by atoms with Gasteiger partial charge < -0.3 is 15.3 Å². The molecule has 2 N–H and O–H groups in total. The van der Waals surface area contributed by atoms with E-state index in [2.05, 4.69) is 24.1 Å². The Hall–Kier alpha value is -0.120. The predicted molar refractivity (Wildman–Crippen MR) is 68.7 cm³/mol. The van der Waals surface area contributed by atoms with Crippen LogP contribution in [0, 0.1) is 0 Å². The first-order valence-electron chi connectivity index (χ1n) is 6.91. The summed E-state index contributed by atoms with van der Waals surface area (Å²) in [5.41, 5.74) is 0. The molecule has 0 aromatic carbocycles. The maximum Gasteiger partial charge on any atom is 0.0693 e. The Morgan fingerprint density at radius 3 is 2.56 bits per heavy atom. The second kappa shape index (κ2) is 8.04. The van der Waals surface area contributed by atoms with Gasteiger partial charge in [-0.1, -0.05) is 26.7 Å². The summed E-state index contributed by atoms with van der Waals surface area (Å²) in [5, 5.41) is 13.3. The minimum atomic E-state index is -0.116. The van der Waals surface area contributed by atoms with E-state index in [1.54, 1.807) is 0 Å². The number of aliphatic hydroxyl groups is 1. The average molecular weight is 228 g/mol. The monoisotopic (exact) mass is 228 g/mol. The number of aliphatic hydroxyl groups excluding tert-OH is 1. The zero-order valence-electron chi connectivity index (χ0n) is 10.9. The van der Waals surface area contributed by atoms with Crippen LogP contribution in [0.15, 0.2) is 0 Å². The fraction of sp³-hybridized carbons (Fsp3) is 1.00. The van der Waals surface area contributed by atoms with Gasteiger partial charge >= 0.3 is 0 Å². The molecule has 0 aromatic heterocycles. The molecule has 0 spiro atoms. The van der Waals surface area contributed by atoms with Crippen molar-refractivity contribution >= 4 is 0 Å². The van der Waals surface area contributed by atoms with Crippen LogP contribution in [0.4, 0.5) is 0 Å². The second-order valence-electron chi connectivity index (χ2n) is 4.85. The molecule has 2 atom stereocenters. The van der Waals surface area contributed by atoms with E-state index in [9.17, 15) is 5.11 Å². The van der Waals surface area contributed by atoms with Gasteiger partial charge in [0.25, 0.3) is 0 Å². The molecule has 3 heteroatoms. The molecule has 0 aliphatic heterocycles. The lowest BCUT2D eigenvalue weighted by atomic mass is 9.93. The van der Waals surface area contributed by atoms with E-state index in [4.69, 9.17) is 0 Å². The van der Waals surface area contributed by atoms with Gasteiger partial charge in [-0.3, -0.25) is 0 Å². The first-order chi connectivity index (χ1) is 7.77. The zero-order chi connectivity index (χ0) is 11.8. The number of nitrogens with zero attached hydrogens (tertiary/aromatic N) is 1. The van der Waals surface area contributed by atoms with E-state index in [0.29, 0.717) is 6.04 Å². The summed E-state index contributed by atoms with van der Waals surface area (Å²) >= 11 is 0. The molecular weight excluding hydrogens is 200 g/mol. The van der Waals surface area contributed by atoms with Crippen LogP contribution in [0.3, 0.4) is 0 Å². The van der Waals surface area contributed by atoms with Gasteiger partial charge in [-0.25, -0.2) is 0 Å². The Bertz CT molecular complexity index is 175. The largest absolute Gasteiger partial charge is 0.392 e. The molecule has 1 aliphatic carbocycles. The highest BCUT2D eigenvalue weighted by molar-refractivity contribution is 4.80. The summed E-state index contributed by atoms with van der Waals surface area (Å²) in [6.07, 6.45) is 5.68. The Morgan fingerprint density at radius 1 is 1.19 bits per heavy atom. The summed E-state index contributed by atoms with van der Waals surface area (Å²) in [4.78, 5) is 2.46. The maximum atomic E-state index is 9.82. The summed E-state index contributed by atoms with van der Waals surface area (Å²) in [5.74, 6) is 0. The average Bonchev–Trinajstić information content (AvgIpc) is 2.30. The molecule has 0 bridgehead atoms. The number of likely N-dealkylation sites (N-methyl/N-ethyl adjacent to an activating group) is 1. The third-order valence-corrected chi connectivity index (χ3v) is 3.55. The minimum absolute atomic E-state index is 0.116. The SMILES string of the molecule is CCCN(CC)CCNC1CCCCC1O. The van der Waals surface area contributed by atoms with E-state index in [1.807, 2.05) is 0 Å². The van der Waals surface area contributed by atoms with E-state index in [0.717, 1.165) is 32.5 Å². The van der Waals surface area contributed by atoms with Crippen LogP contribution in [0.1, 0.15) is 46.0 Å². The quantitative estimate of drug-likeness (QED) is 0.695. The lowest BCUT2D eigenvalue weighted by molar-refractivity contribution is 0.0894. The molecule has 1 aliphatic rings. The van der Waals surface area contributed by atoms with Crippen LogP contribution < -0.4 is 5.32 Å². The predicted octanol–water partition coefficient (Wildman–Crippen LogP) is 1.61. The van der Waals surface area contributed by atoms with Crippen LogP contribution in [0.2, 0.25) is 0 Å². The first kappa shape index (κ1) is 13.9. The van der Waals surface area contributed by atoms with Crippen molar-refractivity contribution in [3.8, 4) is 0 Å². The molecule has 0 aromatic rings. The zero-order valence-corrected chi connectivity index (χ0v) is 10.9. The lowest BCUT2D eigenvalue weighted by Crippen LogP contribution is -2.45. The van der Waals surface area contributed by atoms with Crippen LogP contribution in [0.5, 0.6) is 0 Å². The van der Waals surface area contributed by atoms with Crippen molar-refractivity contribution in [2.75, 3.05) is 26.2 Å². The van der Waals surface area contributed by atoms with Gasteiger partial charge in [0.1, 0.15) is 0 Å². The Balaban J connectivity index is 2.13. The van der Waals surface area contributed by atoms with Gasteiger partial charge in [0.05, 0.1) is 6.10 Å². The number of nitrogens with one attached hydrogen (secondary N) is 1. The van der Waals surface area contributed by atoms with Crippen LogP contribution in [-0.4, -0.2) is 48.3 Å². The van der Waals surface area contributed by atoms with Gasteiger partial charge in [-0.15, -0.1) is 0 Å². The molecule has 0 amide bonds. The van der Waals surface area contributed by atoms with Crippen LogP contribution in [0.25, 0.3) is 0 Å². The fourth-order valence-electron chi connectivity index (χ4n) is 2.50. The van der Waals surface area contributed by atoms with Crippen LogP contribution in [-0.2, 0) is 0 Å². The topological polar surface area (TPSA) is 35.5 Å². The van der Waals surface area contributed by atoms with E-state index < -0.39 is 0 Å². The molecule has 16 heavy (non-hydrogen) atoms. The van der Waals surface area contributed by atoms with Crippen molar-refractivity contribution in [2.24, 2.45) is 0 Å². The third kappa shape index (κ3) is 4.81. The first-order valence-corrected chi connectivity index (χ1v) is 6.91. The Morgan fingerprint density at radius 2 is 1.94 bits per heavy atom. The van der Waals surface area contributed by atoms with Crippen molar-refractivity contribution in [1.82, 2.24) is 10.2 Å². The van der Waals surface area contributed by atoms with Gasteiger partial charge in [-0.2, -0.15) is 0 Å². The molecule has 96 valence electrons. The molecule has 1 saturated carbocycles. The molecular formula is C13H28N2O. The highest BCUT2D eigenvalue weighted by atomic mass is 16.3. The third-order valence-electron chi connectivity index (χ3n) is 3.55. The Kier molecular flexibility index (Phi) is 7.01. The minimum Gasteiger partial charge on any atom is -0.392 e.